The monoisotopic (exact) mass is 274 g/mol. The van der Waals surface area contributed by atoms with E-state index in [4.69, 9.17) is 11.6 Å². The molecule has 0 bridgehead atoms. The van der Waals surface area contributed by atoms with Gasteiger partial charge in [0.25, 0.3) is 0 Å². The predicted molar refractivity (Wildman–Crippen MR) is 77.5 cm³/mol. The summed E-state index contributed by atoms with van der Waals surface area (Å²) < 4.78 is 0. The van der Waals surface area contributed by atoms with Gasteiger partial charge in [0, 0.05) is 0 Å². The highest BCUT2D eigenvalue weighted by Crippen LogP contribution is 2.16. The molecule has 2 rings (SSSR count). The highest BCUT2D eigenvalue weighted by atomic mass is 35.5. The molecule has 0 saturated heterocycles. The summed E-state index contributed by atoms with van der Waals surface area (Å²) >= 11 is 5.78. The van der Waals surface area contributed by atoms with Crippen molar-refractivity contribution < 1.29 is 4.79 Å². The number of pyridine rings is 1. The Balaban J connectivity index is 2.08. The smallest absolute Gasteiger partial charge is 0.228 e. The van der Waals surface area contributed by atoms with Crippen LogP contribution in [0.15, 0.2) is 36.4 Å². The number of hydrogen-bond acceptors (Lipinski definition) is 2. The standard InChI is InChI=1S/C15H15ClN2O/c1-10-5-3-4-6-12(10)9-15(19)18-13-7-8-14(16)17-11(13)2/h3-8H,9H2,1-2H3,(H,18,19). The number of benzene rings is 1. The van der Waals surface area contributed by atoms with Gasteiger partial charge in [-0.2, -0.15) is 0 Å². The van der Waals surface area contributed by atoms with E-state index in [1.807, 2.05) is 38.1 Å². The van der Waals surface area contributed by atoms with E-state index in [1.165, 1.54) is 0 Å². The molecule has 0 aliphatic rings. The molecule has 0 unspecified atom stereocenters. The second kappa shape index (κ2) is 5.85. The Hall–Kier alpha value is -1.87. The number of nitrogens with one attached hydrogen (secondary N) is 1. The van der Waals surface area contributed by atoms with Crippen LogP contribution < -0.4 is 5.32 Å². The lowest BCUT2D eigenvalue weighted by Gasteiger charge is -2.09. The molecule has 0 radical (unpaired) electrons. The average Bonchev–Trinajstić information content (AvgIpc) is 2.36. The number of rotatable bonds is 3. The maximum absolute atomic E-state index is 12.0. The minimum Gasteiger partial charge on any atom is -0.324 e. The number of nitrogens with zero attached hydrogens (tertiary/aromatic N) is 1. The highest BCUT2D eigenvalue weighted by molar-refractivity contribution is 6.29. The van der Waals surface area contributed by atoms with Gasteiger partial charge >= 0.3 is 0 Å². The van der Waals surface area contributed by atoms with Gasteiger partial charge in [-0.1, -0.05) is 35.9 Å². The molecule has 0 aliphatic carbocycles. The normalized spacial score (nSPS) is 10.3. The van der Waals surface area contributed by atoms with Crippen molar-refractivity contribution in [2.45, 2.75) is 20.3 Å². The molecule has 3 nitrogen and oxygen atoms in total. The maximum atomic E-state index is 12.0. The van der Waals surface area contributed by atoms with Crippen molar-refractivity contribution in [2.75, 3.05) is 5.32 Å². The van der Waals surface area contributed by atoms with Gasteiger partial charge < -0.3 is 5.32 Å². The first-order valence-corrected chi connectivity index (χ1v) is 6.41. The number of hydrogen-bond donors (Lipinski definition) is 1. The first-order valence-electron chi connectivity index (χ1n) is 6.04. The van der Waals surface area contributed by atoms with Gasteiger partial charge in [0.15, 0.2) is 0 Å². The molecule has 4 heteroatoms. The molecular formula is C15H15ClN2O. The molecule has 0 fully saturated rings. The van der Waals surface area contributed by atoms with Crippen LogP contribution in [-0.2, 0) is 11.2 Å². The molecule has 0 aliphatic heterocycles. The number of halogens is 1. The number of carbonyl (C=O) groups excluding carboxylic acids is 1. The zero-order chi connectivity index (χ0) is 13.8. The van der Waals surface area contributed by atoms with Crippen molar-refractivity contribution in [1.29, 1.82) is 0 Å². The molecule has 1 heterocycles. The zero-order valence-corrected chi connectivity index (χ0v) is 11.7. The van der Waals surface area contributed by atoms with E-state index in [-0.39, 0.29) is 5.91 Å². The fraction of sp³-hybridized carbons (Fsp3) is 0.200. The van der Waals surface area contributed by atoms with Gasteiger partial charge in [-0.25, -0.2) is 4.98 Å². The van der Waals surface area contributed by atoms with Crippen molar-refractivity contribution >= 4 is 23.2 Å². The molecule has 0 saturated carbocycles. The fourth-order valence-corrected chi connectivity index (χ4v) is 2.03. The number of anilines is 1. The molecule has 1 amide bonds. The first-order chi connectivity index (χ1) is 9.06. The molecular weight excluding hydrogens is 260 g/mol. The van der Waals surface area contributed by atoms with Crippen molar-refractivity contribution in [3.05, 3.63) is 58.4 Å². The minimum absolute atomic E-state index is 0.0541. The first kappa shape index (κ1) is 13.6. The van der Waals surface area contributed by atoms with E-state index in [0.717, 1.165) is 11.1 Å². The summed E-state index contributed by atoms with van der Waals surface area (Å²) in [5, 5.41) is 3.28. The van der Waals surface area contributed by atoms with Crippen LogP contribution in [0.2, 0.25) is 5.15 Å². The van der Waals surface area contributed by atoms with Gasteiger partial charge in [0.2, 0.25) is 5.91 Å². The highest BCUT2D eigenvalue weighted by Gasteiger charge is 2.08. The Morgan fingerprint density at radius 3 is 2.63 bits per heavy atom. The quantitative estimate of drug-likeness (QED) is 0.870. The van der Waals surface area contributed by atoms with Crippen LogP contribution in [0.4, 0.5) is 5.69 Å². The Morgan fingerprint density at radius 2 is 1.95 bits per heavy atom. The zero-order valence-electron chi connectivity index (χ0n) is 10.9. The van der Waals surface area contributed by atoms with Crippen molar-refractivity contribution in [3.8, 4) is 0 Å². The number of aromatic nitrogens is 1. The van der Waals surface area contributed by atoms with Crippen molar-refractivity contribution in [1.82, 2.24) is 4.98 Å². The largest absolute Gasteiger partial charge is 0.324 e. The molecule has 0 atom stereocenters. The van der Waals surface area contributed by atoms with Crippen LogP contribution in [0.25, 0.3) is 0 Å². The molecule has 0 spiro atoms. The van der Waals surface area contributed by atoms with Gasteiger partial charge in [-0.05, 0) is 37.1 Å². The van der Waals surface area contributed by atoms with Crippen LogP contribution >= 0.6 is 11.6 Å². The molecule has 2 aromatic rings. The SMILES string of the molecule is Cc1ccccc1CC(=O)Nc1ccc(Cl)nc1C. The third-order valence-corrected chi connectivity index (χ3v) is 3.15. The number of aryl methyl sites for hydroxylation is 2. The van der Waals surface area contributed by atoms with Crippen molar-refractivity contribution in [3.63, 3.8) is 0 Å². The van der Waals surface area contributed by atoms with Gasteiger partial charge in [0.05, 0.1) is 17.8 Å². The second-order valence-electron chi connectivity index (χ2n) is 4.42. The Kier molecular flexibility index (Phi) is 4.17. The summed E-state index contributed by atoms with van der Waals surface area (Å²) in [7, 11) is 0. The Bertz CT molecular complexity index is 611. The predicted octanol–water partition coefficient (Wildman–Crippen LogP) is 3.53. The van der Waals surface area contributed by atoms with Gasteiger partial charge in [-0.15, -0.1) is 0 Å². The maximum Gasteiger partial charge on any atom is 0.228 e. The van der Waals surface area contributed by atoms with Crippen molar-refractivity contribution in [2.24, 2.45) is 0 Å². The van der Waals surface area contributed by atoms with E-state index in [9.17, 15) is 4.79 Å². The number of amides is 1. The molecule has 19 heavy (non-hydrogen) atoms. The number of carbonyl (C=O) groups is 1. The van der Waals surface area contributed by atoms with Gasteiger partial charge in [-0.3, -0.25) is 4.79 Å². The van der Waals surface area contributed by atoms with Crippen LogP contribution in [0.5, 0.6) is 0 Å². The molecule has 1 N–H and O–H groups in total. The summed E-state index contributed by atoms with van der Waals surface area (Å²) in [6.07, 6.45) is 0.356. The summed E-state index contributed by atoms with van der Waals surface area (Å²) in [6, 6.07) is 11.3. The summed E-state index contributed by atoms with van der Waals surface area (Å²) in [5.41, 5.74) is 3.55. The Labute approximate surface area is 117 Å². The van der Waals surface area contributed by atoms with Crippen LogP contribution in [-0.4, -0.2) is 10.9 Å². The lowest BCUT2D eigenvalue weighted by atomic mass is 10.1. The second-order valence-corrected chi connectivity index (χ2v) is 4.81. The lowest BCUT2D eigenvalue weighted by Crippen LogP contribution is -2.16. The minimum atomic E-state index is -0.0541. The fourth-order valence-electron chi connectivity index (χ4n) is 1.84. The topological polar surface area (TPSA) is 42.0 Å². The average molecular weight is 275 g/mol. The lowest BCUT2D eigenvalue weighted by molar-refractivity contribution is -0.115. The third kappa shape index (κ3) is 3.55. The van der Waals surface area contributed by atoms with E-state index in [0.29, 0.717) is 23.0 Å². The molecule has 1 aromatic carbocycles. The summed E-state index contributed by atoms with van der Waals surface area (Å²) in [6.45, 7) is 3.81. The van der Waals surface area contributed by atoms with Crippen LogP contribution in [0.3, 0.4) is 0 Å². The summed E-state index contributed by atoms with van der Waals surface area (Å²) in [4.78, 5) is 16.1. The van der Waals surface area contributed by atoms with Crippen LogP contribution in [0.1, 0.15) is 16.8 Å². The van der Waals surface area contributed by atoms with E-state index in [2.05, 4.69) is 10.3 Å². The summed E-state index contributed by atoms with van der Waals surface area (Å²) in [5.74, 6) is -0.0541. The third-order valence-electron chi connectivity index (χ3n) is 2.94. The van der Waals surface area contributed by atoms with Gasteiger partial charge in [0.1, 0.15) is 5.15 Å². The molecule has 1 aromatic heterocycles. The van der Waals surface area contributed by atoms with Crippen LogP contribution in [0, 0.1) is 13.8 Å². The van der Waals surface area contributed by atoms with E-state index < -0.39 is 0 Å². The van der Waals surface area contributed by atoms with E-state index >= 15 is 0 Å². The van der Waals surface area contributed by atoms with E-state index in [1.54, 1.807) is 12.1 Å². The molecule has 98 valence electrons. The Morgan fingerprint density at radius 1 is 1.21 bits per heavy atom.